The second kappa shape index (κ2) is 5.00. The van der Waals surface area contributed by atoms with E-state index >= 15 is 0 Å². The van der Waals surface area contributed by atoms with Crippen LogP contribution in [0.15, 0.2) is 18.2 Å². The predicted molar refractivity (Wildman–Crippen MR) is 68.7 cm³/mol. The first-order chi connectivity index (χ1) is 8.61. The Bertz CT molecular complexity index is 511. The number of fused-ring (bicyclic) bond motifs is 1. The minimum Gasteiger partial charge on any atom is -0.338 e. The highest BCUT2D eigenvalue weighted by Gasteiger charge is 2.20. The number of benzene rings is 1. The number of nitrogens with zero attached hydrogens (tertiary/aromatic N) is 1. The zero-order chi connectivity index (χ0) is 13.1. The van der Waals surface area contributed by atoms with Crippen molar-refractivity contribution in [2.24, 2.45) is 0 Å². The summed E-state index contributed by atoms with van der Waals surface area (Å²) in [4.78, 5) is 24.4. The van der Waals surface area contributed by atoms with Crippen molar-refractivity contribution < 1.29 is 9.59 Å². The maximum Gasteiger partial charge on any atom is 0.266 e. The van der Waals surface area contributed by atoms with E-state index in [-0.39, 0.29) is 5.91 Å². The Balaban J connectivity index is 2.31. The van der Waals surface area contributed by atoms with Crippen molar-refractivity contribution in [1.29, 1.82) is 5.41 Å². The molecule has 1 aliphatic heterocycles. The Morgan fingerprint density at radius 3 is 2.89 bits per heavy atom. The largest absolute Gasteiger partial charge is 0.338 e. The summed E-state index contributed by atoms with van der Waals surface area (Å²) < 4.78 is 0. The van der Waals surface area contributed by atoms with Gasteiger partial charge in [0.2, 0.25) is 5.91 Å². The van der Waals surface area contributed by atoms with Gasteiger partial charge in [-0.25, -0.2) is 0 Å². The monoisotopic (exact) mass is 245 g/mol. The highest BCUT2D eigenvalue weighted by Crippen LogP contribution is 2.26. The summed E-state index contributed by atoms with van der Waals surface area (Å²) in [6.45, 7) is 2.77. The molecule has 0 fully saturated rings. The summed E-state index contributed by atoms with van der Waals surface area (Å²) >= 11 is 0. The number of anilines is 1. The quantitative estimate of drug-likeness (QED) is 0.768. The van der Waals surface area contributed by atoms with Crippen molar-refractivity contribution >= 4 is 23.7 Å². The number of amides is 2. The van der Waals surface area contributed by atoms with Crippen LogP contribution in [0.1, 0.15) is 18.1 Å². The molecule has 0 aromatic heterocycles. The third kappa shape index (κ3) is 2.40. The summed E-state index contributed by atoms with van der Waals surface area (Å²) in [7, 11) is 0. The van der Waals surface area contributed by atoms with Gasteiger partial charge in [0.15, 0.2) is 0 Å². The molecule has 1 aliphatic rings. The molecule has 1 aromatic rings. The van der Waals surface area contributed by atoms with Crippen LogP contribution in [0.2, 0.25) is 0 Å². The van der Waals surface area contributed by atoms with Gasteiger partial charge in [-0.3, -0.25) is 9.59 Å². The molecule has 5 nitrogen and oxygen atoms in total. The number of carbonyl (C=O) groups is 2. The Labute approximate surface area is 105 Å². The fourth-order valence-electron chi connectivity index (χ4n) is 2.14. The van der Waals surface area contributed by atoms with Crippen LogP contribution in [0.3, 0.4) is 0 Å². The first-order valence-electron chi connectivity index (χ1n) is 5.79. The van der Waals surface area contributed by atoms with Crippen molar-refractivity contribution in [3.63, 3.8) is 0 Å². The molecule has 1 aromatic carbocycles. The van der Waals surface area contributed by atoms with E-state index in [1.807, 2.05) is 12.1 Å². The molecule has 2 amide bonds. The van der Waals surface area contributed by atoms with Gasteiger partial charge in [-0.15, -0.1) is 0 Å². The molecule has 0 saturated carbocycles. The molecule has 0 unspecified atom stereocenters. The van der Waals surface area contributed by atoms with Gasteiger partial charge in [-0.1, -0.05) is 12.1 Å². The Kier molecular flexibility index (Phi) is 3.41. The van der Waals surface area contributed by atoms with Crippen molar-refractivity contribution in [1.82, 2.24) is 4.90 Å². The van der Waals surface area contributed by atoms with Gasteiger partial charge in [0.1, 0.15) is 0 Å². The van der Waals surface area contributed by atoms with E-state index in [2.05, 4.69) is 5.32 Å². The molecule has 0 aliphatic carbocycles. The molecular formula is C13H15N3O2. The fourth-order valence-corrected chi connectivity index (χ4v) is 2.14. The van der Waals surface area contributed by atoms with Crippen LogP contribution < -0.4 is 5.32 Å². The summed E-state index contributed by atoms with van der Waals surface area (Å²) in [6, 6.07) is 5.68. The van der Waals surface area contributed by atoms with Crippen LogP contribution >= 0.6 is 0 Å². The lowest BCUT2D eigenvalue weighted by Gasteiger charge is -2.29. The zero-order valence-corrected chi connectivity index (χ0v) is 10.2. The molecule has 2 rings (SSSR count). The molecule has 0 spiro atoms. The van der Waals surface area contributed by atoms with Gasteiger partial charge in [0.25, 0.3) is 5.91 Å². The minimum atomic E-state index is -0.455. The van der Waals surface area contributed by atoms with Crippen LogP contribution in [-0.2, 0) is 22.6 Å². The first kappa shape index (κ1) is 12.3. The molecule has 5 heteroatoms. The summed E-state index contributed by atoms with van der Waals surface area (Å²) in [5.74, 6) is -0.419. The molecule has 0 radical (unpaired) electrons. The third-order valence-electron chi connectivity index (χ3n) is 3.11. The maximum atomic E-state index is 11.4. The number of rotatable bonds is 2. The van der Waals surface area contributed by atoms with E-state index in [1.54, 1.807) is 17.9 Å². The summed E-state index contributed by atoms with van der Waals surface area (Å²) in [5, 5.41) is 9.56. The molecule has 2 N–H and O–H groups in total. The highest BCUT2D eigenvalue weighted by atomic mass is 16.2. The number of hydrogen-bond acceptors (Lipinski definition) is 3. The van der Waals surface area contributed by atoms with E-state index in [0.29, 0.717) is 18.8 Å². The van der Waals surface area contributed by atoms with E-state index in [4.69, 9.17) is 5.41 Å². The minimum absolute atomic E-state index is 0.0360. The fraction of sp³-hybridized carbons (Fsp3) is 0.308. The Hall–Kier alpha value is -2.17. The van der Waals surface area contributed by atoms with Crippen molar-refractivity contribution in [3.05, 3.63) is 29.3 Å². The standard InChI is InChI=1S/C13H15N3O2/c1-9(17)16-6-5-10-3-2-4-12(11(10)8-16)15-13(18)7-14/h2-4,7,14H,5-6,8H2,1H3,(H,15,18). The highest BCUT2D eigenvalue weighted by molar-refractivity contribution is 6.30. The van der Waals surface area contributed by atoms with Crippen molar-refractivity contribution in [2.75, 3.05) is 11.9 Å². The van der Waals surface area contributed by atoms with Gasteiger partial charge in [0, 0.05) is 25.7 Å². The predicted octanol–water partition coefficient (Wildman–Crippen LogP) is 1.18. The second-order valence-corrected chi connectivity index (χ2v) is 4.27. The normalized spacial score (nSPS) is 13.7. The topological polar surface area (TPSA) is 73.3 Å². The van der Waals surface area contributed by atoms with Gasteiger partial charge in [-0.05, 0) is 23.6 Å². The molecule has 94 valence electrons. The van der Waals surface area contributed by atoms with E-state index < -0.39 is 5.91 Å². The van der Waals surface area contributed by atoms with Gasteiger partial charge in [0.05, 0.1) is 6.21 Å². The van der Waals surface area contributed by atoms with Crippen LogP contribution in [0.4, 0.5) is 5.69 Å². The Morgan fingerprint density at radius 2 is 2.22 bits per heavy atom. The third-order valence-corrected chi connectivity index (χ3v) is 3.11. The number of hydrogen-bond donors (Lipinski definition) is 2. The van der Waals surface area contributed by atoms with E-state index in [1.165, 1.54) is 0 Å². The Morgan fingerprint density at radius 1 is 1.44 bits per heavy atom. The average Bonchev–Trinajstić information content (AvgIpc) is 2.38. The molecule has 0 atom stereocenters. The van der Waals surface area contributed by atoms with E-state index in [9.17, 15) is 9.59 Å². The molecule has 0 bridgehead atoms. The van der Waals surface area contributed by atoms with Gasteiger partial charge in [-0.2, -0.15) is 0 Å². The van der Waals surface area contributed by atoms with Gasteiger partial charge < -0.3 is 15.6 Å². The van der Waals surface area contributed by atoms with Crippen LogP contribution in [0, 0.1) is 5.41 Å². The lowest BCUT2D eigenvalue weighted by atomic mass is 9.98. The molecule has 0 saturated heterocycles. The lowest BCUT2D eigenvalue weighted by Crippen LogP contribution is -2.34. The number of carbonyl (C=O) groups excluding carboxylic acids is 2. The molecule has 18 heavy (non-hydrogen) atoms. The van der Waals surface area contributed by atoms with Crippen molar-refractivity contribution in [2.45, 2.75) is 19.9 Å². The van der Waals surface area contributed by atoms with Crippen LogP contribution in [-0.4, -0.2) is 29.5 Å². The van der Waals surface area contributed by atoms with Gasteiger partial charge >= 0.3 is 0 Å². The summed E-state index contributed by atoms with van der Waals surface area (Å²) in [6.07, 6.45) is 1.54. The zero-order valence-electron chi connectivity index (χ0n) is 10.2. The summed E-state index contributed by atoms with van der Waals surface area (Å²) in [5.41, 5.74) is 2.80. The molecule has 1 heterocycles. The van der Waals surface area contributed by atoms with Crippen molar-refractivity contribution in [3.8, 4) is 0 Å². The van der Waals surface area contributed by atoms with Crippen LogP contribution in [0.25, 0.3) is 0 Å². The lowest BCUT2D eigenvalue weighted by molar-refractivity contribution is -0.129. The SMILES string of the molecule is CC(=O)N1CCc2cccc(NC(=O)C=N)c2C1. The maximum absolute atomic E-state index is 11.4. The smallest absolute Gasteiger partial charge is 0.266 e. The first-order valence-corrected chi connectivity index (χ1v) is 5.79. The second-order valence-electron chi connectivity index (χ2n) is 4.27. The number of nitrogens with one attached hydrogen (secondary N) is 2. The average molecular weight is 245 g/mol. The van der Waals surface area contributed by atoms with Crippen LogP contribution in [0.5, 0.6) is 0 Å². The molecular weight excluding hydrogens is 230 g/mol. The van der Waals surface area contributed by atoms with E-state index in [0.717, 1.165) is 23.8 Å².